The Morgan fingerprint density at radius 1 is 0.944 bits per heavy atom. The second kappa shape index (κ2) is 4.30. The van der Waals surface area contributed by atoms with Gasteiger partial charge in [-0.05, 0) is 11.6 Å². The average Bonchev–Trinajstić information content (AvgIpc) is 2.40. The molecule has 1 atom stereocenters. The first-order chi connectivity index (χ1) is 8.77. The van der Waals surface area contributed by atoms with Gasteiger partial charge in [-0.15, -0.1) is 0 Å². The molecule has 1 aliphatic rings. The van der Waals surface area contributed by atoms with Crippen molar-refractivity contribution in [3.63, 3.8) is 0 Å². The summed E-state index contributed by atoms with van der Waals surface area (Å²) in [6.07, 6.45) is 0. The number of rotatable bonds is 1. The zero-order valence-corrected chi connectivity index (χ0v) is 10.6. The molecule has 0 amide bonds. The Balaban J connectivity index is 2.10. The number of benzene rings is 2. The molecule has 0 aliphatic carbocycles. The number of carbonyl (C=O) groups excluding carboxylic acids is 1. The lowest BCUT2D eigenvalue weighted by Crippen LogP contribution is -2.32. The fourth-order valence-electron chi connectivity index (χ4n) is 2.57. The van der Waals surface area contributed by atoms with Crippen LogP contribution in [0.1, 0.15) is 18.5 Å². The van der Waals surface area contributed by atoms with Gasteiger partial charge in [0.25, 0.3) is 0 Å². The van der Waals surface area contributed by atoms with Crippen LogP contribution in [-0.2, 0) is 4.42 Å². The van der Waals surface area contributed by atoms with Crippen LogP contribution in [0.2, 0.25) is 0 Å². The van der Waals surface area contributed by atoms with Gasteiger partial charge in [-0.2, -0.15) is 0 Å². The number of nitrogens with zero attached hydrogens (tertiary/aromatic N) is 1. The molecule has 0 saturated carbocycles. The van der Waals surface area contributed by atoms with E-state index < -0.39 is 0 Å². The third kappa shape index (κ3) is 1.70. The number of anilines is 1. The van der Waals surface area contributed by atoms with Gasteiger partial charge >= 0.3 is 11.5 Å². The van der Waals surface area contributed by atoms with E-state index in [1.165, 1.54) is 5.56 Å². The van der Waals surface area contributed by atoms with Crippen LogP contribution < -0.4 is 4.90 Å². The maximum Gasteiger partial charge on any atom is 0.375 e. The van der Waals surface area contributed by atoms with Crippen LogP contribution >= 0.6 is 0 Å². The van der Waals surface area contributed by atoms with Gasteiger partial charge in [0.1, 0.15) is 5.69 Å². The van der Waals surface area contributed by atoms with Crippen molar-refractivity contribution in [1.82, 2.24) is 0 Å². The molecule has 0 aromatic heterocycles. The van der Waals surface area contributed by atoms with Gasteiger partial charge in [0.2, 0.25) is 0 Å². The van der Waals surface area contributed by atoms with Gasteiger partial charge < -0.3 is 4.90 Å². The number of likely N-dealkylation sites (N-methyl/N-ethyl adjacent to an activating group) is 1. The Kier molecular flexibility index (Phi) is 2.63. The molecule has 0 fully saturated rings. The minimum Gasteiger partial charge on any atom is -0.348 e. The van der Waals surface area contributed by atoms with Crippen molar-refractivity contribution < 1.29 is 4.42 Å². The molecule has 2 nitrogen and oxygen atoms in total. The van der Waals surface area contributed by atoms with Crippen LogP contribution in [0.3, 0.4) is 0 Å². The molecule has 90 valence electrons. The van der Waals surface area contributed by atoms with Crippen LogP contribution in [0.5, 0.6) is 5.75 Å². The third-order valence-electron chi connectivity index (χ3n) is 3.40. The van der Waals surface area contributed by atoms with Gasteiger partial charge in [0.05, 0.1) is 6.92 Å². The van der Waals surface area contributed by atoms with Crippen molar-refractivity contribution in [3.05, 3.63) is 60.2 Å². The zero-order chi connectivity index (χ0) is 12.5. The summed E-state index contributed by atoms with van der Waals surface area (Å²) in [7, 11) is 2.11. The van der Waals surface area contributed by atoms with E-state index >= 15 is 0 Å². The molecule has 0 bridgehead atoms. The second-order valence-corrected chi connectivity index (χ2v) is 4.60. The highest BCUT2D eigenvalue weighted by Gasteiger charge is 2.35. The van der Waals surface area contributed by atoms with Crippen LogP contribution in [0.15, 0.2) is 54.6 Å². The lowest BCUT2D eigenvalue weighted by Gasteiger charge is -2.27. The summed E-state index contributed by atoms with van der Waals surface area (Å²) < 4.78 is 5.94. The summed E-state index contributed by atoms with van der Waals surface area (Å²) in [5.41, 5.74) is 2.39. The Morgan fingerprint density at radius 2 is 1.61 bits per heavy atom. The topological polar surface area (TPSA) is 14.5 Å². The highest BCUT2D eigenvalue weighted by Crippen LogP contribution is 2.37. The summed E-state index contributed by atoms with van der Waals surface area (Å²) in [4.78, 5) is 2.27. The van der Waals surface area contributed by atoms with Gasteiger partial charge in [-0.3, -0.25) is 0 Å². The molecule has 1 heterocycles. The van der Waals surface area contributed by atoms with Gasteiger partial charge in [-0.1, -0.05) is 42.5 Å². The quantitative estimate of drug-likeness (QED) is 0.691. The monoisotopic (exact) mass is 238 g/mol. The molecule has 1 aliphatic heterocycles. The maximum atomic E-state index is 5.94. The Labute approximate surface area is 107 Å². The SMILES string of the molecule is CC1=[O+]c2ccccc2N(C)C1c1ccccc1. The van der Waals surface area contributed by atoms with E-state index in [0.717, 1.165) is 17.2 Å². The number of hydrogen-bond acceptors (Lipinski definition) is 1. The molecule has 2 aromatic rings. The van der Waals surface area contributed by atoms with Crippen LogP contribution in [0.25, 0.3) is 0 Å². The molecule has 0 radical (unpaired) electrons. The van der Waals surface area contributed by atoms with Crippen molar-refractivity contribution >= 4 is 11.5 Å². The van der Waals surface area contributed by atoms with Crippen molar-refractivity contribution in [1.29, 1.82) is 0 Å². The first-order valence-electron chi connectivity index (χ1n) is 6.15. The van der Waals surface area contributed by atoms with Gasteiger partial charge in [0.15, 0.2) is 6.04 Å². The second-order valence-electron chi connectivity index (χ2n) is 4.60. The maximum absolute atomic E-state index is 5.94. The van der Waals surface area contributed by atoms with E-state index in [1.54, 1.807) is 0 Å². The minimum atomic E-state index is 0.182. The summed E-state index contributed by atoms with van der Waals surface area (Å²) in [6, 6.07) is 18.8. The normalized spacial score (nSPS) is 18.2. The molecular weight excluding hydrogens is 222 g/mol. The molecule has 2 heteroatoms. The van der Waals surface area contributed by atoms with Crippen molar-refractivity contribution in [2.45, 2.75) is 13.0 Å². The van der Waals surface area contributed by atoms with Crippen molar-refractivity contribution in [2.24, 2.45) is 0 Å². The summed E-state index contributed by atoms with van der Waals surface area (Å²) >= 11 is 0. The van der Waals surface area contributed by atoms with E-state index in [2.05, 4.69) is 42.3 Å². The van der Waals surface area contributed by atoms with E-state index in [0.29, 0.717) is 0 Å². The van der Waals surface area contributed by atoms with E-state index in [4.69, 9.17) is 4.42 Å². The van der Waals surface area contributed by atoms with Crippen LogP contribution in [-0.4, -0.2) is 12.8 Å². The third-order valence-corrected chi connectivity index (χ3v) is 3.40. The predicted octanol–water partition coefficient (Wildman–Crippen LogP) is 3.72. The Morgan fingerprint density at radius 3 is 2.39 bits per heavy atom. The standard InChI is InChI=1S/C16H16NO/c1-12-16(13-8-4-3-5-9-13)17(2)14-10-6-7-11-15(14)18-12/h3-11,16H,1-2H3/q+1. The number of fused-ring (bicyclic) bond motifs is 1. The lowest BCUT2D eigenvalue weighted by molar-refractivity contribution is -0.370. The number of para-hydroxylation sites is 2. The Hall–Kier alpha value is -2.09. The summed E-state index contributed by atoms with van der Waals surface area (Å²) in [6.45, 7) is 2.05. The molecule has 18 heavy (non-hydrogen) atoms. The average molecular weight is 238 g/mol. The summed E-state index contributed by atoms with van der Waals surface area (Å²) in [5.74, 6) is 1.95. The highest BCUT2D eigenvalue weighted by atomic mass is 16.4. The molecule has 1 unspecified atom stereocenters. The number of hydrogen-bond donors (Lipinski definition) is 0. The number of ketones is 1. The predicted molar refractivity (Wildman–Crippen MR) is 74.2 cm³/mol. The van der Waals surface area contributed by atoms with Crippen LogP contribution in [0, 0.1) is 0 Å². The van der Waals surface area contributed by atoms with E-state index in [-0.39, 0.29) is 6.04 Å². The fraction of sp³-hybridized carbons (Fsp3) is 0.188. The molecular formula is C16H16NO+. The van der Waals surface area contributed by atoms with Gasteiger partial charge in [0, 0.05) is 13.1 Å². The lowest BCUT2D eigenvalue weighted by atomic mass is 10.0. The molecule has 0 spiro atoms. The van der Waals surface area contributed by atoms with Crippen molar-refractivity contribution in [2.75, 3.05) is 11.9 Å². The smallest absolute Gasteiger partial charge is 0.348 e. The van der Waals surface area contributed by atoms with Gasteiger partial charge in [-0.25, -0.2) is 4.42 Å². The Bertz CT molecular complexity index is 589. The van der Waals surface area contributed by atoms with Crippen molar-refractivity contribution in [3.8, 4) is 5.75 Å². The fourth-order valence-corrected chi connectivity index (χ4v) is 2.57. The zero-order valence-electron chi connectivity index (χ0n) is 10.6. The first-order valence-corrected chi connectivity index (χ1v) is 6.15. The molecule has 2 aromatic carbocycles. The molecule has 3 rings (SSSR count). The molecule has 0 saturated heterocycles. The van der Waals surface area contributed by atoms with E-state index in [1.807, 2.05) is 31.2 Å². The highest BCUT2D eigenvalue weighted by molar-refractivity contribution is 5.89. The largest absolute Gasteiger partial charge is 0.375 e. The minimum absolute atomic E-state index is 0.182. The molecule has 0 N–H and O–H groups in total. The van der Waals surface area contributed by atoms with E-state index in [9.17, 15) is 0 Å². The first kappa shape index (κ1) is 11.0. The van der Waals surface area contributed by atoms with Crippen LogP contribution in [0.4, 0.5) is 5.69 Å². The summed E-state index contributed by atoms with van der Waals surface area (Å²) in [5, 5.41) is 0.